The highest BCUT2D eigenvalue weighted by atomic mass is 35.5. The van der Waals surface area contributed by atoms with Gasteiger partial charge in [0, 0.05) is 23.8 Å². The number of carbonyl (C=O) groups excluding carboxylic acids is 1. The summed E-state index contributed by atoms with van der Waals surface area (Å²) in [5, 5.41) is 0.721. The van der Waals surface area contributed by atoms with Gasteiger partial charge in [-0.05, 0) is 25.0 Å². The molecule has 1 aliphatic rings. The molecule has 0 saturated heterocycles. The zero-order valence-electron chi connectivity index (χ0n) is 15.4. The minimum absolute atomic E-state index is 0.147. The van der Waals surface area contributed by atoms with Crippen molar-refractivity contribution >= 4 is 28.4 Å². The number of hydrogen-bond donors (Lipinski definition) is 0. The van der Waals surface area contributed by atoms with Crippen LogP contribution in [0.1, 0.15) is 42.1 Å². The molecule has 7 nitrogen and oxygen atoms in total. The van der Waals surface area contributed by atoms with Gasteiger partial charge >= 0.3 is 5.97 Å². The summed E-state index contributed by atoms with van der Waals surface area (Å²) >= 11 is 6.40. The molecule has 3 rings (SSSR count). The lowest BCUT2D eigenvalue weighted by molar-refractivity contribution is 0.0509. The van der Waals surface area contributed by atoms with E-state index in [9.17, 15) is 9.00 Å². The molecule has 9 heteroatoms. The molecule has 1 aromatic carbocycles. The van der Waals surface area contributed by atoms with Crippen molar-refractivity contribution in [3.05, 3.63) is 34.2 Å². The Kier molecular flexibility index (Phi) is 6.06. The first kappa shape index (κ1) is 19.7. The van der Waals surface area contributed by atoms with Crippen LogP contribution in [0.3, 0.4) is 0 Å². The summed E-state index contributed by atoms with van der Waals surface area (Å²) in [5.74, 6) is 1.31. The lowest BCUT2D eigenvalue weighted by Gasteiger charge is -2.13. The Labute approximate surface area is 165 Å². The van der Waals surface area contributed by atoms with Gasteiger partial charge in [0.15, 0.2) is 22.2 Å². The van der Waals surface area contributed by atoms with Crippen molar-refractivity contribution in [3.63, 3.8) is 0 Å². The Morgan fingerprint density at radius 1 is 1.33 bits per heavy atom. The number of fused-ring (bicyclic) bond motifs is 1. The SMILES string of the molecule is CCCc1nc(S(C)=O)c(C(=O)OCC)n1Cc1cc2c(cc1Cl)OCO2. The second-order valence-electron chi connectivity index (χ2n) is 5.99. The Morgan fingerprint density at radius 2 is 2.04 bits per heavy atom. The molecule has 0 saturated carbocycles. The minimum Gasteiger partial charge on any atom is -0.461 e. The molecule has 1 aliphatic heterocycles. The molecule has 2 aromatic rings. The average molecular weight is 413 g/mol. The van der Waals surface area contributed by atoms with Gasteiger partial charge in [0.25, 0.3) is 0 Å². The largest absolute Gasteiger partial charge is 0.461 e. The summed E-state index contributed by atoms with van der Waals surface area (Å²) in [6.07, 6.45) is 2.95. The van der Waals surface area contributed by atoms with Crippen LogP contribution in [-0.4, -0.2) is 39.4 Å². The van der Waals surface area contributed by atoms with Crippen LogP contribution in [0.5, 0.6) is 11.5 Å². The first-order chi connectivity index (χ1) is 13.0. The van der Waals surface area contributed by atoms with E-state index in [1.165, 1.54) is 6.26 Å². The van der Waals surface area contributed by atoms with Gasteiger partial charge in [-0.15, -0.1) is 0 Å². The Bertz CT molecular complexity index is 896. The fourth-order valence-corrected chi connectivity index (χ4v) is 3.82. The predicted octanol–water partition coefficient (Wildman–Crippen LogP) is 3.18. The van der Waals surface area contributed by atoms with Gasteiger partial charge in [0.05, 0.1) is 24.0 Å². The zero-order chi connectivity index (χ0) is 19.6. The summed E-state index contributed by atoms with van der Waals surface area (Å²) in [4.78, 5) is 17.0. The number of hydrogen-bond acceptors (Lipinski definition) is 6. The Hall–Kier alpha value is -2.06. The van der Waals surface area contributed by atoms with E-state index >= 15 is 0 Å². The molecule has 27 heavy (non-hydrogen) atoms. The molecule has 0 amide bonds. The maximum absolute atomic E-state index is 12.6. The van der Waals surface area contributed by atoms with E-state index in [2.05, 4.69) is 4.98 Å². The number of carbonyl (C=O) groups is 1. The second-order valence-corrected chi connectivity index (χ2v) is 7.69. The van der Waals surface area contributed by atoms with E-state index < -0.39 is 16.8 Å². The molecule has 1 aromatic heterocycles. The molecule has 0 aliphatic carbocycles. The van der Waals surface area contributed by atoms with E-state index in [-0.39, 0.29) is 30.7 Å². The number of imidazole rings is 1. The molecule has 0 spiro atoms. The summed E-state index contributed by atoms with van der Waals surface area (Å²) in [5.41, 5.74) is 0.949. The van der Waals surface area contributed by atoms with E-state index in [1.807, 2.05) is 6.92 Å². The van der Waals surface area contributed by atoms with Gasteiger partial charge in [0.1, 0.15) is 5.82 Å². The number of nitrogens with zero attached hydrogens (tertiary/aromatic N) is 2. The van der Waals surface area contributed by atoms with Crippen molar-refractivity contribution in [2.45, 2.75) is 38.3 Å². The first-order valence-corrected chi connectivity index (χ1v) is 10.6. The maximum Gasteiger partial charge on any atom is 0.357 e. The number of aryl methyl sites for hydroxylation is 1. The third-order valence-electron chi connectivity index (χ3n) is 4.10. The van der Waals surface area contributed by atoms with Crippen molar-refractivity contribution in [1.82, 2.24) is 9.55 Å². The quantitative estimate of drug-likeness (QED) is 0.650. The number of esters is 1. The molecule has 2 heterocycles. The third kappa shape index (κ3) is 3.96. The van der Waals surface area contributed by atoms with Crippen molar-refractivity contribution in [2.24, 2.45) is 0 Å². The van der Waals surface area contributed by atoms with E-state index in [0.29, 0.717) is 28.8 Å². The number of halogens is 1. The molecule has 0 N–H and O–H groups in total. The monoisotopic (exact) mass is 412 g/mol. The molecular formula is C18H21ClN2O5S. The number of ether oxygens (including phenoxy) is 3. The van der Waals surface area contributed by atoms with Crippen LogP contribution in [0, 0.1) is 0 Å². The van der Waals surface area contributed by atoms with Crippen LogP contribution in [0.2, 0.25) is 5.02 Å². The normalized spacial score (nSPS) is 13.6. The summed E-state index contributed by atoms with van der Waals surface area (Å²) < 4.78 is 29.9. The van der Waals surface area contributed by atoms with Crippen LogP contribution in [0.25, 0.3) is 0 Å². The van der Waals surface area contributed by atoms with Crippen LogP contribution in [0.4, 0.5) is 0 Å². The zero-order valence-corrected chi connectivity index (χ0v) is 17.0. The fourth-order valence-electron chi connectivity index (χ4n) is 2.91. The highest BCUT2D eigenvalue weighted by molar-refractivity contribution is 7.84. The summed E-state index contributed by atoms with van der Waals surface area (Å²) in [6, 6.07) is 3.48. The summed E-state index contributed by atoms with van der Waals surface area (Å²) in [7, 11) is -1.43. The van der Waals surface area contributed by atoms with Gasteiger partial charge in [-0.1, -0.05) is 18.5 Å². The van der Waals surface area contributed by atoms with Crippen LogP contribution < -0.4 is 9.47 Å². The van der Waals surface area contributed by atoms with Gasteiger partial charge < -0.3 is 18.8 Å². The molecule has 0 radical (unpaired) electrons. The number of benzene rings is 1. The molecule has 1 unspecified atom stereocenters. The predicted molar refractivity (Wildman–Crippen MR) is 101 cm³/mol. The van der Waals surface area contributed by atoms with Crippen molar-refractivity contribution in [2.75, 3.05) is 19.7 Å². The van der Waals surface area contributed by atoms with Crippen LogP contribution in [-0.2, 0) is 28.5 Å². The van der Waals surface area contributed by atoms with Crippen LogP contribution >= 0.6 is 11.6 Å². The lowest BCUT2D eigenvalue weighted by atomic mass is 10.2. The Balaban J connectivity index is 2.10. The third-order valence-corrected chi connectivity index (χ3v) is 5.28. The minimum atomic E-state index is -1.43. The molecule has 0 bridgehead atoms. The average Bonchev–Trinajstić information content (AvgIpc) is 3.20. The smallest absolute Gasteiger partial charge is 0.357 e. The molecule has 146 valence electrons. The topological polar surface area (TPSA) is 79.7 Å². The standard InChI is InChI=1S/C18H21ClN2O5S/c1-4-6-15-20-17(27(3)23)16(18(22)24-5-2)21(15)9-11-7-13-14(8-12(11)19)26-10-25-13/h7-8H,4-6,9-10H2,1-3H3. The molecule has 1 atom stereocenters. The van der Waals surface area contributed by atoms with Gasteiger partial charge in [-0.2, -0.15) is 0 Å². The first-order valence-electron chi connectivity index (χ1n) is 8.64. The maximum atomic E-state index is 12.6. The van der Waals surface area contributed by atoms with Gasteiger partial charge in [-0.25, -0.2) is 9.78 Å². The van der Waals surface area contributed by atoms with Crippen molar-refractivity contribution < 1.29 is 23.2 Å². The Morgan fingerprint density at radius 3 is 2.67 bits per heavy atom. The summed E-state index contributed by atoms with van der Waals surface area (Å²) in [6.45, 7) is 4.38. The molecular weight excluding hydrogens is 392 g/mol. The fraction of sp³-hybridized carbons (Fsp3) is 0.444. The van der Waals surface area contributed by atoms with Crippen molar-refractivity contribution in [1.29, 1.82) is 0 Å². The van der Waals surface area contributed by atoms with E-state index in [1.54, 1.807) is 23.6 Å². The lowest BCUT2D eigenvalue weighted by Crippen LogP contribution is -2.17. The van der Waals surface area contributed by atoms with Gasteiger partial charge in [0.2, 0.25) is 6.79 Å². The number of rotatable bonds is 7. The van der Waals surface area contributed by atoms with Crippen LogP contribution in [0.15, 0.2) is 17.2 Å². The molecule has 0 fully saturated rings. The number of aromatic nitrogens is 2. The second kappa shape index (κ2) is 8.31. The van der Waals surface area contributed by atoms with E-state index in [0.717, 1.165) is 12.0 Å². The van der Waals surface area contributed by atoms with Crippen molar-refractivity contribution in [3.8, 4) is 11.5 Å². The highest BCUT2D eigenvalue weighted by Gasteiger charge is 2.27. The van der Waals surface area contributed by atoms with Gasteiger partial charge in [-0.3, -0.25) is 4.21 Å². The van der Waals surface area contributed by atoms with E-state index in [4.69, 9.17) is 25.8 Å². The highest BCUT2D eigenvalue weighted by Crippen LogP contribution is 2.37.